The molecule has 2 saturated heterocycles. The second-order valence-corrected chi connectivity index (χ2v) is 10.5. The minimum Gasteiger partial charge on any atom is -0.342 e. The molecule has 12 heteroatoms. The van der Waals surface area contributed by atoms with Crippen LogP contribution in [0, 0.1) is 0 Å². The fraction of sp³-hybridized carbons (Fsp3) is 0.630. The second-order valence-electron chi connectivity index (χ2n) is 10.5. The van der Waals surface area contributed by atoms with E-state index < -0.39 is 16.8 Å². The predicted molar refractivity (Wildman–Crippen MR) is 135 cm³/mol. The number of para-hydroxylation sites is 1. The number of amides is 2. The summed E-state index contributed by atoms with van der Waals surface area (Å²) < 4.78 is 38.8. The zero-order valence-corrected chi connectivity index (χ0v) is 22.1. The van der Waals surface area contributed by atoms with Gasteiger partial charge in [-0.25, -0.2) is 4.79 Å². The number of anilines is 1. The summed E-state index contributed by atoms with van der Waals surface area (Å²) in [6.07, 6.45) is -0.962. The molecule has 0 saturated carbocycles. The van der Waals surface area contributed by atoms with E-state index in [4.69, 9.17) is 4.84 Å². The fourth-order valence-electron chi connectivity index (χ4n) is 5.54. The number of halogens is 3. The lowest BCUT2D eigenvalue weighted by atomic mass is 10.1. The molecule has 0 spiro atoms. The van der Waals surface area contributed by atoms with Gasteiger partial charge >= 0.3 is 12.1 Å². The smallest absolute Gasteiger partial charge is 0.342 e. The van der Waals surface area contributed by atoms with Crippen LogP contribution >= 0.6 is 0 Å². The van der Waals surface area contributed by atoms with E-state index in [-0.39, 0.29) is 56.6 Å². The molecule has 4 rings (SSSR count). The van der Waals surface area contributed by atoms with Gasteiger partial charge in [-0.15, -0.1) is 4.65 Å². The van der Waals surface area contributed by atoms with E-state index in [1.807, 2.05) is 9.80 Å². The number of hydroxylamine groups is 3. The first-order valence-corrected chi connectivity index (χ1v) is 13.7. The Balaban J connectivity index is 1.36. The van der Waals surface area contributed by atoms with E-state index in [1.165, 1.54) is 0 Å². The van der Waals surface area contributed by atoms with Gasteiger partial charge in [0.1, 0.15) is 19.6 Å². The number of piperidine rings is 1. The summed E-state index contributed by atoms with van der Waals surface area (Å²) in [7, 11) is 0. The number of quaternary nitrogens is 1. The number of hydrogen-bond acceptors (Lipinski definition) is 6. The Labute approximate surface area is 226 Å². The Morgan fingerprint density at radius 1 is 0.923 bits per heavy atom. The van der Waals surface area contributed by atoms with Gasteiger partial charge < -0.3 is 9.80 Å². The summed E-state index contributed by atoms with van der Waals surface area (Å²) in [5.41, 5.74) is 1.03. The molecule has 0 unspecified atom stereocenters. The third kappa shape index (κ3) is 7.36. The van der Waals surface area contributed by atoms with E-state index in [9.17, 15) is 32.3 Å². The first-order chi connectivity index (χ1) is 18.6. The normalized spacial score (nSPS) is 20.4. The number of carbonyl (C=O) groups is 4. The van der Waals surface area contributed by atoms with E-state index in [2.05, 4.69) is 0 Å². The quantitative estimate of drug-likeness (QED) is 0.364. The molecule has 2 amide bonds. The number of unbranched alkanes of at least 4 members (excludes halogenated alkanes) is 1. The summed E-state index contributed by atoms with van der Waals surface area (Å²) in [6.45, 7) is 3.02. The van der Waals surface area contributed by atoms with Crippen molar-refractivity contribution >= 4 is 29.3 Å². The van der Waals surface area contributed by atoms with Crippen molar-refractivity contribution in [2.75, 3.05) is 63.8 Å². The molecule has 3 heterocycles. The van der Waals surface area contributed by atoms with Crippen LogP contribution in [0.15, 0.2) is 24.3 Å². The highest BCUT2D eigenvalue weighted by molar-refractivity contribution is 6.10. The third-order valence-corrected chi connectivity index (χ3v) is 7.78. The largest absolute Gasteiger partial charge is 0.497 e. The van der Waals surface area contributed by atoms with Crippen molar-refractivity contribution in [2.24, 2.45) is 0 Å². The van der Waals surface area contributed by atoms with Crippen LogP contribution in [-0.4, -0.2) is 103 Å². The van der Waals surface area contributed by atoms with Crippen LogP contribution in [0.4, 0.5) is 18.9 Å². The molecule has 214 valence electrons. The van der Waals surface area contributed by atoms with Crippen LogP contribution in [0.1, 0.15) is 55.3 Å². The topological polar surface area (TPSA) is 87.2 Å². The summed E-state index contributed by atoms with van der Waals surface area (Å²) in [4.78, 5) is 59.9. The highest BCUT2D eigenvalue weighted by Crippen LogP contribution is 2.28. The maximum atomic E-state index is 13.1. The first kappa shape index (κ1) is 29.0. The molecule has 0 atom stereocenters. The maximum absolute atomic E-state index is 13.1. The Bertz CT molecular complexity index is 1070. The number of nitrogens with zero attached hydrogens (tertiary/aromatic N) is 4. The number of Topliss-reactive ketones (excluding diaryl/α,β-unsaturated/α-hetero) is 1. The van der Waals surface area contributed by atoms with Crippen LogP contribution in [0.25, 0.3) is 0 Å². The highest BCUT2D eigenvalue weighted by atomic mass is 19.4. The number of fused-ring (bicyclic) bond motifs is 1. The molecule has 9 nitrogen and oxygen atoms in total. The number of piperazine rings is 1. The van der Waals surface area contributed by atoms with Gasteiger partial charge in [-0.1, -0.05) is 12.1 Å². The molecule has 1 aromatic carbocycles. The predicted octanol–water partition coefficient (Wildman–Crippen LogP) is 2.94. The number of likely N-dealkylation sites (tertiary alicyclic amines) is 1. The van der Waals surface area contributed by atoms with Gasteiger partial charge in [-0.05, 0) is 37.8 Å². The molecule has 0 N–H and O–H groups in total. The van der Waals surface area contributed by atoms with E-state index in [0.717, 1.165) is 32.4 Å². The van der Waals surface area contributed by atoms with Crippen LogP contribution in [0.5, 0.6) is 0 Å². The Hall–Kier alpha value is -2.99. The van der Waals surface area contributed by atoms with Crippen molar-refractivity contribution in [3.8, 4) is 0 Å². The van der Waals surface area contributed by atoms with Crippen molar-refractivity contribution in [3.05, 3.63) is 29.8 Å². The van der Waals surface area contributed by atoms with Crippen molar-refractivity contribution in [1.29, 1.82) is 0 Å². The zero-order valence-electron chi connectivity index (χ0n) is 22.1. The second kappa shape index (κ2) is 12.5. The lowest BCUT2D eigenvalue weighted by molar-refractivity contribution is -1.09. The Kier molecular flexibility index (Phi) is 9.27. The van der Waals surface area contributed by atoms with Crippen molar-refractivity contribution < 1.29 is 41.8 Å². The number of rotatable bonds is 8. The van der Waals surface area contributed by atoms with Gasteiger partial charge in [0, 0.05) is 44.5 Å². The van der Waals surface area contributed by atoms with Crippen molar-refractivity contribution in [2.45, 2.75) is 51.1 Å². The molecular formula is C27H36F3N4O5+. The van der Waals surface area contributed by atoms with Gasteiger partial charge in [0.15, 0.2) is 5.78 Å². The molecule has 39 heavy (non-hydrogen) atoms. The number of alkyl halides is 3. The minimum absolute atomic E-state index is 0.0165. The van der Waals surface area contributed by atoms with Crippen LogP contribution < -0.4 is 4.90 Å². The van der Waals surface area contributed by atoms with E-state index >= 15 is 0 Å². The maximum Gasteiger partial charge on any atom is 0.497 e. The Morgan fingerprint density at radius 3 is 2.31 bits per heavy atom. The molecule has 0 aliphatic carbocycles. The number of hydrogen-bond donors (Lipinski definition) is 0. The average Bonchev–Trinajstić information content (AvgIpc) is 3.04. The standard InChI is InChI=1S/C27H36F3N4O5/c28-27(29,30)26(38)39-34(18-15-31(16-19-34)20-25(37)32-12-4-1-5-13-32)17-7-6-14-33-22-9-3-2-8-21(22)23(35)10-11-24(33)36/h2-3,8-9H,1,4-7,10-20H2/q+1. The molecule has 0 aromatic heterocycles. The molecule has 2 fully saturated rings. The van der Waals surface area contributed by atoms with Crippen molar-refractivity contribution in [3.63, 3.8) is 0 Å². The number of ketones is 1. The van der Waals surface area contributed by atoms with Gasteiger partial charge in [0.2, 0.25) is 11.8 Å². The first-order valence-electron chi connectivity index (χ1n) is 13.7. The lowest BCUT2D eigenvalue weighted by Crippen LogP contribution is -2.62. The van der Waals surface area contributed by atoms with E-state index in [1.54, 1.807) is 29.2 Å². The molecule has 0 bridgehead atoms. The monoisotopic (exact) mass is 553 g/mol. The summed E-state index contributed by atoms with van der Waals surface area (Å²) >= 11 is 0. The minimum atomic E-state index is -5.11. The van der Waals surface area contributed by atoms with Crippen LogP contribution in [0.3, 0.4) is 0 Å². The zero-order chi connectivity index (χ0) is 28.0. The van der Waals surface area contributed by atoms with Crippen molar-refractivity contribution in [1.82, 2.24) is 9.80 Å². The van der Waals surface area contributed by atoms with Gasteiger partial charge in [-0.2, -0.15) is 13.2 Å². The number of benzene rings is 1. The summed E-state index contributed by atoms with van der Waals surface area (Å²) in [5, 5.41) is 0. The highest BCUT2D eigenvalue weighted by Gasteiger charge is 2.49. The molecular weight excluding hydrogens is 517 g/mol. The average molecular weight is 554 g/mol. The summed E-state index contributed by atoms with van der Waals surface area (Å²) in [5.74, 6) is -2.48. The molecule has 3 aliphatic heterocycles. The van der Waals surface area contributed by atoms with Gasteiger partial charge in [0.25, 0.3) is 0 Å². The molecule has 0 radical (unpaired) electrons. The fourth-order valence-corrected chi connectivity index (χ4v) is 5.54. The van der Waals surface area contributed by atoms with Gasteiger partial charge in [-0.3, -0.25) is 24.1 Å². The molecule has 1 aromatic rings. The van der Waals surface area contributed by atoms with Gasteiger partial charge in [0.05, 0.1) is 25.3 Å². The summed E-state index contributed by atoms with van der Waals surface area (Å²) in [6, 6.07) is 6.91. The van der Waals surface area contributed by atoms with E-state index in [0.29, 0.717) is 43.7 Å². The lowest BCUT2D eigenvalue weighted by Gasteiger charge is -2.41. The van der Waals surface area contributed by atoms with Crippen LogP contribution in [0.2, 0.25) is 0 Å². The molecule has 3 aliphatic rings. The van der Waals surface area contributed by atoms with Crippen LogP contribution in [-0.2, 0) is 19.2 Å². The third-order valence-electron chi connectivity index (χ3n) is 7.78. The SMILES string of the molecule is O=C1CCC(=O)N(CCCC[N+]2(OC(=O)C(F)(F)F)CCN(CC(=O)N3CCCCC3)CC2)c2ccccc21. The number of carbonyl (C=O) groups excluding carboxylic acids is 4. The Morgan fingerprint density at radius 2 is 1.62 bits per heavy atom.